The van der Waals surface area contributed by atoms with Crippen molar-refractivity contribution < 1.29 is 58.1 Å². The molecule has 0 spiro atoms. The van der Waals surface area contributed by atoms with E-state index in [1.807, 2.05) is 79.7 Å². The first kappa shape index (κ1) is 31.2. The van der Waals surface area contributed by atoms with Gasteiger partial charge in [-0.15, -0.1) is 0 Å². The molecule has 0 N–H and O–H groups in total. The van der Waals surface area contributed by atoms with Crippen molar-refractivity contribution in [3.05, 3.63) is 108 Å². The summed E-state index contributed by atoms with van der Waals surface area (Å²) in [6, 6.07) is 29.9. The summed E-state index contributed by atoms with van der Waals surface area (Å²) in [4.78, 5) is 15.5. The van der Waals surface area contributed by atoms with Crippen LogP contribution in [0.15, 0.2) is 95.4 Å². The maximum Gasteiger partial charge on any atom is 1.00 e. The second-order valence-corrected chi connectivity index (χ2v) is 10.2. The number of carbonyl (C=O) groups is 1. The number of ether oxygens (including phenoxy) is 3. The van der Waals surface area contributed by atoms with Crippen molar-refractivity contribution in [2.75, 3.05) is 13.7 Å². The number of methoxy groups -OCH3 is 1. The van der Waals surface area contributed by atoms with Crippen LogP contribution in [0.4, 0.5) is 0 Å². The fourth-order valence-corrected chi connectivity index (χ4v) is 5.28. The molecule has 0 aliphatic heterocycles. The third-order valence-electron chi connectivity index (χ3n) is 7.39. The Bertz CT molecular complexity index is 1900. The molecular formula is C35H31N2NaO6. The van der Waals surface area contributed by atoms with Gasteiger partial charge >= 0.3 is 29.6 Å². The largest absolute Gasteiger partial charge is 1.00 e. The van der Waals surface area contributed by atoms with Gasteiger partial charge in [0.05, 0.1) is 19.2 Å². The van der Waals surface area contributed by atoms with E-state index in [1.54, 1.807) is 7.11 Å². The number of rotatable bonds is 12. The summed E-state index contributed by atoms with van der Waals surface area (Å²) < 4.78 is 26.0. The Morgan fingerprint density at radius 3 is 2.45 bits per heavy atom. The van der Waals surface area contributed by atoms with E-state index < -0.39 is 5.97 Å². The number of fused-ring (bicyclic) bond motifs is 3. The summed E-state index contributed by atoms with van der Waals surface area (Å²) in [5.74, 6) is 2.17. The van der Waals surface area contributed by atoms with E-state index >= 15 is 0 Å². The van der Waals surface area contributed by atoms with E-state index in [4.69, 9.17) is 18.6 Å². The van der Waals surface area contributed by atoms with Crippen molar-refractivity contribution in [1.29, 1.82) is 0 Å². The molecule has 0 amide bonds. The molecule has 0 fully saturated rings. The molecule has 2 aromatic heterocycles. The van der Waals surface area contributed by atoms with Gasteiger partial charge < -0.3 is 33.1 Å². The van der Waals surface area contributed by atoms with Crippen LogP contribution in [0.1, 0.15) is 29.9 Å². The van der Waals surface area contributed by atoms with Gasteiger partial charge in [0, 0.05) is 34.4 Å². The van der Waals surface area contributed by atoms with Crippen LogP contribution in [0, 0.1) is 6.92 Å². The Morgan fingerprint density at radius 1 is 0.886 bits per heavy atom. The molecule has 0 radical (unpaired) electrons. The Balaban J connectivity index is 0.00000384. The summed E-state index contributed by atoms with van der Waals surface area (Å²) in [5, 5.41) is 12.9. The number of carboxylic acids is 1. The van der Waals surface area contributed by atoms with Crippen LogP contribution in [0.3, 0.4) is 0 Å². The molecule has 6 rings (SSSR count). The van der Waals surface area contributed by atoms with Crippen LogP contribution in [0.5, 0.6) is 17.2 Å². The molecule has 8 nitrogen and oxygen atoms in total. The second kappa shape index (κ2) is 14.0. The van der Waals surface area contributed by atoms with Crippen LogP contribution in [-0.4, -0.2) is 29.2 Å². The third-order valence-corrected chi connectivity index (χ3v) is 7.39. The van der Waals surface area contributed by atoms with Crippen molar-refractivity contribution in [1.82, 2.24) is 9.55 Å². The van der Waals surface area contributed by atoms with Crippen LogP contribution in [0.2, 0.25) is 0 Å². The third kappa shape index (κ3) is 6.63. The average molecular weight is 599 g/mol. The van der Waals surface area contributed by atoms with Crippen LogP contribution in [-0.2, 0) is 17.9 Å². The first-order chi connectivity index (χ1) is 21.0. The number of nitrogens with zero attached hydrogens (tertiary/aromatic N) is 2. The Morgan fingerprint density at radius 2 is 1.66 bits per heavy atom. The first-order valence-electron chi connectivity index (χ1n) is 14.2. The van der Waals surface area contributed by atoms with Gasteiger partial charge in [-0.2, -0.15) is 0 Å². The van der Waals surface area contributed by atoms with Gasteiger partial charge in [-0.05, 0) is 67.8 Å². The molecule has 0 unspecified atom stereocenters. The number of oxazole rings is 1. The molecule has 0 aliphatic carbocycles. The van der Waals surface area contributed by atoms with Gasteiger partial charge in [-0.1, -0.05) is 48.5 Å². The van der Waals surface area contributed by atoms with Crippen molar-refractivity contribution >= 4 is 27.8 Å². The average Bonchev–Trinajstić information content (AvgIpc) is 3.56. The predicted molar refractivity (Wildman–Crippen MR) is 162 cm³/mol. The number of hydrogen-bond donors (Lipinski definition) is 0. The molecule has 9 heteroatoms. The standard InChI is InChI=1S/C35H32N2O6.Na/c1-23-27(36-35(43-23)25-10-4-3-5-11-25)22-42-30-18-17-24(20-32(30)40-2)21-37-28-13-7-6-12-26(28)34-29(37)14-8-15-31(34)41-19-9-16-33(38)39;/h3-8,10-15,17-18,20H,9,16,19,21-22H2,1-2H3,(H,38,39);/q;+1/p-1. The molecule has 44 heavy (non-hydrogen) atoms. The zero-order valence-corrected chi connectivity index (χ0v) is 27.0. The second-order valence-electron chi connectivity index (χ2n) is 10.2. The summed E-state index contributed by atoms with van der Waals surface area (Å²) >= 11 is 0. The predicted octanol–water partition coefficient (Wildman–Crippen LogP) is 3.31. The SMILES string of the molecule is COc1cc(Cn2c3ccccc3c3c(OCCCC(=O)[O-])cccc32)ccc1OCc1nc(-c2ccccc2)oc1C.[Na+]. The summed E-state index contributed by atoms with van der Waals surface area (Å²) in [6.07, 6.45) is 0.349. The summed E-state index contributed by atoms with van der Waals surface area (Å²) in [7, 11) is 1.63. The number of aryl methyl sites for hydroxylation is 1. The van der Waals surface area contributed by atoms with E-state index in [0.717, 1.165) is 44.4 Å². The zero-order valence-electron chi connectivity index (χ0n) is 25.0. The van der Waals surface area contributed by atoms with Crippen LogP contribution < -0.4 is 48.9 Å². The normalized spacial score (nSPS) is 11.0. The molecule has 2 heterocycles. The maximum atomic E-state index is 10.8. The molecular weight excluding hydrogens is 567 g/mol. The van der Waals surface area contributed by atoms with E-state index in [9.17, 15) is 9.90 Å². The summed E-state index contributed by atoms with van der Waals surface area (Å²) in [6.45, 7) is 3.02. The number of aliphatic carboxylic acids is 1. The molecule has 218 valence electrons. The number of aromatic nitrogens is 2. The molecule has 0 bridgehead atoms. The molecule has 0 aliphatic rings. The number of carboxylic acid groups (broad SMARTS) is 1. The van der Waals surface area contributed by atoms with Gasteiger partial charge in [-0.25, -0.2) is 4.98 Å². The van der Waals surface area contributed by atoms with Gasteiger partial charge in [0.2, 0.25) is 5.89 Å². The Kier molecular flexibility index (Phi) is 9.95. The van der Waals surface area contributed by atoms with Gasteiger partial charge in [0.25, 0.3) is 0 Å². The topological polar surface area (TPSA) is 98.8 Å². The smallest absolute Gasteiger partial charge is 0.550 e. The number of benzene rings is 4. The molecule has 6 aromatic rings. The molecule has 0 saturated carbocycles. The molecule has 0 atom stereocenters. The van der Waals surface area contributed by atoms with Gasteiger partial charge in [0.15, 0.2) is 11.5 Å². The Hall–Kier alpha value is -4.24. The zero-order chi connectivity index (χ0) is 29.8. The quantitative estimate of drug-likeness (QED) is 0.158. The first-order valence-corrected chi connectivity index (χ1v) is 14.2. The molecule has 0 saturated heterocycles. The van der Waals surface area contributed by atoms with E-state index in [2.05, 4.69) is 27.8 Å². The van der Waals surface area contributed by atoms with Crippen LogP contribution in [0.25, 0.3) is 33.3 Å². The molecule has 4 aromatic carbocycles. The fourth-order valence-electron chi connectivity index (χ4n) is 5.28. The Labute approximate surface area is 277 Å². The van der Waals surface area contributed by atoms with E-state index in [-0.39, 0.29) is 42.6 Å². The fraction of sp³-hybridized carbons (Fsp3) is 0.200. The maximum absolute atomic E-state index is 10.8. The van der Waals surface area contributed by atoms with Crippen LogP contribution >= 0.6 is 0 Å². The number of hydrogen-bond acceptors (Lipinski definition) is 7. The van der Waals surface area contributed by atoms with E-state index in [1.165, 1.54) is 0 Å². The minimum absolute atomic E-state index is 0. The monoisotopic (exact) mass is 598 g/mol. The number of carbonyl (C=O) groups excluding carboxylic acids is 1. The summed E-state index contributed by atoms with van der Waals surface area (Å²) in [5.41, 5.74) is 4.77. The van der Waals surface area contributed by atoms with Crippen molar-refractivity contribution in [3.63, 3.8) is 0 Å². The number of para-hydroxylation sites is 1. The minimum Gasteiger partial charge on any atom is -0.550 e. The van der Waals surface area contributed by atoms with Crippen molar-refractivity contribution in [2.24, 2.45) is 0 Å². The minimum atomic E-state index is -1.07. The van der Waals surface area contributed by atoms with Crippen molar-refractivity contribution in [2.45, 2.75) is 32.9 Å². The van der Waals surface area contributed by atoms with E-state index in [0.29, 0.717) is 42.7 Å². The van der Waals surface area contributed by atoms with Gasteiger partial charge in [0.1, 0.15) is 23.8 Å². The van der Waals surface area contributed by atoms with Gasteiger partial charge in [-0.3, -0.25) is 0 Å². The van der Waals surface area contributed by atoms with Crippen molar-refractivity contribution in [3.8, 4) is 28.7 Å².